The van der Waals surface area contributed by atoms with Gasteiger partial charge < -0.3 is 4.90 Å². The SMILES string of the molecule is CCC1CCN(CCCCCS)CC1. The minimum atomic E-state index is 1.02. The van der Waals surface area contributed by atoms with Crippen molar-refractivity contribution in [3.8, 4) is 0 Å². The van der Waals surface area contributed by atoms with Crippen LogP contribution >= 0.6 is 12.6 Å². The molecular formula is C12H25NS. The molecule has 0 unspecified atom stereocenters. The minimum absolute atomic E-state index is 1.02. The fraction of sp³-hybridized carbons (Fsp3) is 1.00. The highest BCUT2D eigenvalue weighted by Gasteiger charge is 2.16. The van der Waals surface area contributed by atoms with Gasteiger partial charge in [0, 0.05) is 0 Å². The van der Waals surface area contributed by atoms with Crippen LogP contribution < -0.4 is 0 Å². The summed E-state index contributed by atoms with van der Waals surface area (Å²) in [5.74, 6) is 2.07. The molecule has 1 fully saturated rings. The summed E-state index contributed by atoms with van der Waals surface area (Å²) in [4.78, 5) is 2.64. The molecule has 0 radical (unpaired) electrons. The maximum Gasteiger partial charge on any atom is -0.00161 e. The van der Waals surface area contributed by atoms with Crippen molar-refractivity contribution in [3.05, 3.63) is 0 Å². The highest BCUT2D eigenvalue weighted by Crippen LogP contribution is 2.20. The third kappa shape index (κ3) is 4.70. The summed E-state index contributed by atoms with van der Waals surface area (Å²) in [6.07, 6.45) is 8.27. The molecule has 14 heavy (non-hydrogen) atoms. The molecule has 0 bridgehead atoms. The Morgan fingerprint density at radius 3 is 2.43 bits per heavy atom. The Balaban J connectivity index is 1.98. The van der Waals surface area contributed by atoms with Gasteiger partial charge in [-0.2, -0.15) is 12.6 Å². The lowest BCUT2D eigenvalue weighted by molar-refractivity contribution is 0.179. The molecule has 0 spiro atoms. The van der Waals surface area contributed by atoms with E-state index in [9.17, 15) is 0 Å². The maximum absolute atomic E-state index is 4.23. The van der Waals surface area contributed by atoms with Crippen molar-refractivity contribution in [2.75, 3.05) is 25.4 Å². The highest BCUT2D eigenvalue weighted by molar-refractivity contribution is 7.80. The van der Waals surface area contributed by atoms with E-state index in [1.54, 1.807) is 0 Å². The van der Waals surface area contributed by atoms with Crippen LogP contribution in [-0.2, 0) is 0 Å². The second kappa shape index (κ2) is 7.58. The van der Waals surface area contributed by atoms with E-state index < -0.39 is 0 Å². The Labute approximate surface area is 94.7 Å². The first kappa shape index (κ1) is 12.4. The molecule has 0 aliphatic carbocycles. The van der Waals surface area contributed by atoms with Crippen LogP contribution in [0.5, 0.6) is 0 Å². The van der Waals surface area contributed by atoms with Crippen LogP contribution in [0.15, 0.2) is 0 Å². The zero-order valence-electron chi connectivity index (χ0n) is 9.54. The molecule has 2 heteroatoms. The van der Waals surface area contributed by atoms with E-state index in [1.807, 2.05) is 0 Å². The molecule has 1 aliphatic rings. The first-order valence-corrected chi connectivity index (χ1v) is 6.83. The lowest BCUT2D eigenvalue weighted by atomic mass is 9.94. The lowest BCUT2D eigenvalue weighted by Crippen LogP contribution is -2.34. The van der Waals surface area contributed by atoms with Crippen molar-refractivity contribution in [2.45, 2.75) is 45.4 Å². The van der Waals surface area contributed by atoms with Gasteiger partial charge in [0.1, 0.15) is 0 Å². The fourth-order valence-electron chi connectivity index (χ4n) is 2.24. The van der Waals surface area contributed by atoms with Gasteiger partial charge >= 0.3 is 0 Å². The summed E-state index contributed by atoms with van der Waals surface area (Å²) < 4.78 is 0. The van der Waals surface area contributed by atoms with E-state index in [0.29, 0.717) is 0 Å². The topological polar surface area (TPSA) is 3.24 Å². The Morgan fingerprint density at radius 2 is 1.86 bits per heavy atom. The second-order valence-corrected chi connectivity index (χ2v) is 4.92. The van der Waals surface area contributed by atoms with Gasteiger partial charge in [0.15, 0.2) is 0 Å². The van der Waals surface area contributed by atoms with Crippen LogP contribution in [0.4, 0.5) is 0 Å². The van der Waals surface area contributed by atoms with Gasteiger partial charge in [-0.05, 0) is 57.0 Å². The number of hydrogen-bond acceptors (Lipinski definition) is 2. The summed E-state index contributed by atoms with van der Waals surface area (Å²) in [6, 6.07) is 0. The van der Waals surface area contributed by atoms with Gasteiger partial charge in [-0.1, -0.05) is 19.8 Å². The summed E-state index contributed by atoms with van der Waals surface area (Å²) in [5, 5.41) is 0. The van der Waals surface area contributed by atoms with Crippen LogP contribution in [0, 0.1) is 5.92 Å². The quantitative estimate of drug-likeness (QED) is 0.526. The maximum atomic E-state index is 4.23. The molecule has 0 N–H and O–H groups in total. The van der Waals surface area contributed by atoms with E-state index in [1.165, 1.54) is 58.2 Å². The van der Waals surface area contributed by atoms with Crippen molar-refractivity contribution in [3.63, 3.8) is 0 Å². The smallest absolute Gasteiger partial charge is 0.00161 e. The Morgan fingerprint density at radius 1 is 1.14 bits per heavy atom. The average molecular weight is 215 g/mol. The van der Waals surface area contributed by atoms with E-state index in [4.69, 9.17) is 0 Å². The van der Waals surface area contributed by atoms with Crippen molar-refractivity contribution in [2.24, 2.45) is 5.92 Å². The number of likely N-dealkylation sites (tertiary alicyclic amines) is 1. The van der Waals surface area contributed by atoms with Gasteiger partial charge in [-0.15, -0.1) is 0 Å². The molecule has 1 aliphatic heterocycles. The van der Waals surface area contributed by atoms with Crippen LogP contribution in [0.1, 0.15) is 45.4 Å². The molecule has 1 saturated heterocycles. The largest absolute Gasteiger partial charge is 0.303 e. The van der Waals surface area contributed by atoms with Crippen LogP contribution in [0.25, 0.3) is 0 Å². The first-order valence-electron chi connectivity index (χ1n) is 6.20. The molecule has 0 aromatic heterocycles. The van der Waals surface area contributed by atoms with E-state index in [2.05, 4.69) is 24.5 Å². The van der Waals surface area contributed by atoms with Gasteiger partial charge in [0.2, 0.25) is 0 Å². The Bertz CT molecular complexity index is 130. The summed E-state index contributed by atoms with van der Waals surface area (Å²) in [5.41, 5.74) is 0. The molecule has 0 saturated carbocycles. The molecular weight excluding hydrogens is 190 g/mol. The predicted octanol–water partition coefficient (Wildman–Crippen LogP) is 3.21. The van der Waals surface area contributed by atoms with E-state index >= 15 is 0 Å². The zero-order chi connectivity index (χ0) is 10.2. The number of piperidine rings is 1. The number of nitrogens with zero attached hydrogens (tertiary/aromatic N) is 1. The zero-order valence-corrected chi connectivity index (χ0v) is 10.4. The van der Waals surface area contributed by atoms with Crippen molar-refractivity contribution >= 4 is 12.6 Å². The molecule has 84 valence electrons. The highest BCUT2D eigenvalue weighted by atomic mass is 32.1. The van der Waals surface area contributed by atoms with Crippen molar-refractivity contribution in [1.29, 1.82) is 0 Å². The number of rotatable bonds is 6. The molecule has 0 aromatic rings. The molecule has 1 heterocycles. The van der Waals surface area contributed by atoms with Crippen LogP contribution in [0.3, 0.4) is 0 Å². The summed E-state index contributed by atoms with van der Waals surface area (Å²) in [6.45, 7) is 6.34. The normalized spacial score (nSPS) is 20.1. The van der Waals surface area contributed by atoms with E-state index in [-0.39, 0.29) is 0 Å². The Hall–Kier alpha value is 0.310. The van der Waals surface area contributed by atoms with Gasteiger partial charge in [0.05, 0.1) is 0 Å². The van der Waals surface area contributed by atoms with Gasteiger partial charge in [-0.25, -0.2) is 0 Å². The monoisotopic (exact) mass is 215 g/mol. The summed E-state index contributed by atoms with van der Waals surface area (Å²) >= 11 is 4.23. The van der Waals surface area contributed by atoms with E-state index in [0.717, 1.165) is 11.7 Å². The first-order chi connectivity index (χ1) is 6.86. The van der Waals surface area contributed by atoms with Crippen molar-refractivity contribution in [1.82, 2.24) is 4.90 Å². The number of thiol groups is 1. The van der Waals surface area contributed by atoms with Gasteiger partial charge in [0.25, 0.3) is 0 Å². The molecule has 0 amide bonds. The molecule has 1 rings (SSSR count). The molecule has 1 nitrogen and oxygen atoms in total. The van der Waals surface area contributed by atoms with Crippen molar-refractivity contribution < 1.29 is 0 Å². The second-order valence-electron chi connectivity index (χ2n) is 4.48. The molecule has 0 aromatic carbocycles. The fourth-order valence-corrected chi connectivity index (χ4v) is 2.47. The average Bonchev–Trinajstić information content (AvgIpc) is 2.25. The third-order valence-corrected chi connectivity index (χ3v) is 3.73. The third-order valence-electron chi connectivity index (χ3n) is 3.42. The predicted molar refractivity (Wildman–Crippen MR) is 67.2 cm³/mol. The number of unbranched alkanes of at least 4 members (excludes halogenated alkanes) is 2. The number of hydrogen-bond donors (Lipinski definition) is 1. The van der Waals surface area contributed by atoms with Crippen LogP contribution in [-0.4, -0.2) is 30.3 Å². The summed E-state index contributed by atoms with van der Waals surface area (Å²) in [7, 11) is 0. The minimum Gasteiger partial charge on any atom is -0.303 e. The lowest BCUT2D eigenvalue weighted by Gasteiger charge is -2.31. The van der Waals surface area contributed by atoms with Crippen LogP contribution in [0.2, 0.25) is 0 Å². The standard InChI is InChI=1S/C12H25NS/c1-2-12-6-9-13(10-7-12)8-4-3-5-11-14/h12,14H,2-11H2,1H3. The molecule has 0 atom stereocenters. The van der Waals surface area contributed by atoms with Gasteiger partial charge in [-0.3, -0.25) is 0 Å². The Kier molecular flexibility index (Phi) is 6.70.